The topological polar surface area (TPSA) is 60.9 Å². The molecule has 3 aromatic carbocycles. The second-order valence-corrected chi connectivity index (χ2v) is 11.4. The number of benzene rings is 3. The quantitative estimate of drug-likeness (QED) is 0.510. The first-order valence-electron chi connectivity index (χ1n) is 11.9. The van der Waals surface area contributed by atoms with Crippen LogP contribution in [-0.2, 0) is 23.0 Å². The van der Waals surface area contributed by atoms with Gasteiger partial charge in [0.05, 0.1) is 4.90 Å². The number of sulfonamides is 1. The lowest BCUT2D eigenvalue weighted by Gasteiger charge is -2.34. The lowest BCUT2D eigenvalue weighted by Crippen LogP contribution is -2.48. The minimum Gasteiger partial charge on any atom is -0.308 e. The molecule has 5 rings (SSSR count). The number of amides is 1. The van der Waals surface area contributed by atoms with E-state index in [1.54, 1.807) is 51.7 Å². The summed E-state index contributed by atoms with van der Waals surface area (Å²) in [5, 5.41) is 0.512. The molecule has 0 N–H and O–H groups in total. The zero-order valence-electron chi connectivity index (χ0n) is 19.4. The summed E-state index contributed by atoms with van der Waals surface area (Å²) in [6, 6.07) is 22.3. The maximum atomic E-state index is 13.4. The van der Waals surface area contributed by atoms with Gasteiger partial charge in [-0.15, -0.1) is 0 Å². The van der Waals surface area contributed by atoms with Gasteiger partial charge in [0, 0.05) is 55.5 Å². The average molecular weight is 510 g/mol. The van der Waals surface area contributed by atoms with Crippen LogP contribution in [0, 0.1) is 0 Å². The highest BCUT2D eigenvalue weighted by Crippen LogP contribution is 2.32. The van der Waals surface area contributed by atoms with E-state index in [1.165, 1.54) is 5.56 Å². The molecule has 0 aliphatic carbocycles. The van der Waals surface area contributed by atoms with Gasteiger partial charge in [-0.3, -0.25) is 9.69 Å². The standard InChI is InChI=1S/C27H28ClN3O3S/c28-24-10-4-8-23(18-24)27(32)31-13-5-9-22-19-25(11-12-26(22)31)35(33,34)30-16-14-29(15-17-30)20-21-6-2-1-3-7-21/h1-4,6-8,10-12,18-19H,5,9,13-17,20H2. The Labute approximate surface area is 211 Å². The van der Waals surface area contributed by atoms with E-state index in [1.807, 2.05) is 18.2 Å². The van der Waals surface area contributed by atoms with Gasteiger partial charge in [0.25, 0.3) is 5.91 Å². The summed E-state index contributed by atoms with van der Waals surface area (Å²) in [5.74, 6) is -0.126. The summed E-state index contributed by atoms with van der Waals surface area (Å²) in [6.45, 7) is 3.73. The number of carbonyl (C=O) groups is 1. The van der Waals surface area contributed by atoms with Crippen molar-refractivity contribution in [3.63, 3.8) is 0 Å². The van der Waals surface area contributed by atoms with Gasteiger partial charge in [-0.1, -0.05) is 48.0 Å². The summed E-state index contributed by atoms with van der Waals surface area (Å²) < 4.78 is 28.4. The van der Waals surface area contributed by atoms with Crippen LogP contribution in [0.2, 0.25) is 5.02 Å². The maximum Gasteiger partial charge on any atom is 0.258 e. The summed E-state index contributed by atoms with van der Waals surface area (Å²) in [7, 11) is -3.60. The first-order valence-corrected chi connectivity index (χ1v) is 13.7. The third-order valence-corrected chi connectivity index (χ3v) is 8.83. The van der Waals surface area contributed by atoms with Gasteiger partial charge in [-0.05, 0) is 60.4 Å². The Morgan fingerprint density at radius 2 is 1.63 bits per heavy atom. The van der Waals surface area contributed by atoms with Crippen LogP contribution < -0.4 is 4.90 Å². The van der Waals surface area contributed by atoms with Crippen LogP contribution >= 0.6 is 11.6 Å². The molecule has 0 radical (unpaired) electrons. The Morgan fingerprint density at radius 3 is 2.37 bits per heavy atom. The predicted octanol–water partition coefficient (Wildman–Crippen LogP) is 4.44. The molecule has 8 heteroatoms. The van der Waals surface area contributed by atoms with Gasteiger partial charge < -0.3 is 4.90 Å². The normalized spacial score (nSPS) is 17.2. The smallest absolute Gasteiger partial charge is 0.258 e. The molecule has 6 nitrogen and oxygen atoms in total. The Balaban J connectivity index is 1.31. The molecule has 0 unspecified atom stereocenters. The Kier molecular flexibility index (Phi) is 6.93. The summed E-state index contributed by atoms with van der Waals surface area (Å²) in [5.41, 5.74) is 3.41. The van der Waals surface area contributed by atoms with E-state index in [0.717, 1.165) is 30.6 Å². The molecule has 2 heterocycles. The van der Waals surface area contributed by atoms with Crippen molar-refractivity contribution in [1.82, 2.24) is 9.21 Å². The van der Waals surface area contributed by atoms with Crippen LogP contribution in [-0.4, -0.2) is 56.3 Å². The molecule has 1 saturated heterocycles. The van der Waals surface area contributed by atoms with E-state index in [4.69, 9.17) is 11.6 Å². The molecular weight excluding hydrogens is 482 g/mol. The number of aryl methyl sites for hydroxylation is 1. The zero-order chi connectivity index (χ0) is 24.4. The van der Waals surface area contributed by atoms with Crippen LogP contribution in [0.3, 0.4) is 0 Å². The lowest BCUT2D eigenvalue weighted by atomic mass is 10.0. The van der Waals surface area contributed by atoms with Crippen molar-refractivity contribution < 1.29 is 13.2 Å². The van der Waals surface area contributed by atoms with E-state index in [-0.39, 0.29) is 5.91 Å². The highest BCUT2D eigenvalue weighted by Gasteiger charge is 2.31. The zero-order valence-corrected chi connectivity index (χ0v) is 21.0. The molecule has 0 atom stereocenters. The fraction of sp³-hybridized carbons (Fsp3) is 0.296. The number of hydrogen-bond acceptors (Lipinski definition) is 4. The van der Waals surface area contributed by atoms with Crippen molar-refractivity contribution in [3.8, 4) is 0 Å². The number of anilines is 1. The lowest BCUT2D eigenvalue weighted by molar-refractivity contribution is 0.0985. The van der Waals surface area contributed by atoms with Crippen molar-refractivity contribution in [3.05, 3.63) is 94.5 Å². The average Bonchev–Trinajstić information content (AvgIpc) is 2.88. The third kappa shape index (κ3) is 5.14. The number of rotatable bonds is 5. The molecule has 2 aliphatic heterocycles. The fourth-order valence-corrected chi connectivity index (χ4v) is 6.50. The molecule has 0 saturated carbocycles. The van der Waals surface area contributed by atoms with Crippen LogP contribution in [0.5, 0.6) is 0 Å². The minimum atomic E-state index is -3.60. The van der Waals surface area contributed by atoms with E-state index in [9.17, 15) is 13.2 Å². The van der Waals surface area contributed by atoms with E-state index < -0.39 is 10.0 Å². The van der Waals surface area contributed by atoms with E-state index in [0.29, 0.717) is 48.2 Å². The second-order valence-electron chi connectivity index (χ2n) is 9.03. The minimum absolute atomic E-state index is 0.126. The molecule has 1 amide bonds. The molecule has 1 fully saturated rings. The van der Waals surface area contributed by atoms with Crippen LogP contribution in [0.15, 0.2) is 77.7 Å². The van der Waals surface area contributed by atoms with Gasteiger partial charge in [-0.2, -0.15) is 4.31 Å². The largest absolute Gasteiger partial charge is 0.308 e. The summed E-state index contributed by atoms with van der Waals surface area (Å²) in [4.78, 5) is 17.4. The predicted molar refractivity (Wildman–Crippen MR) is 138 cm³/mol. The number of piperazine rings is 1. The highest BCUT2D eigenvalue weighted by molar-refractivity contribution is 7.89. The van der Waals surface area contributed by atoms with Gasteiger partial charge in [0.15, 0.2) is 0 Å². The van der Waals surface area contributed by atoms with Gasteiger partial charge in [0.2, 0.25) is 10.0 Å². The van der Waals surface area contributed by atoms with Gasteiger partial charge in [0.1, 0.15) is 0 Å². The molecule has 35 heavy (non-hydrogen) atoms. The number of fused-ring (bicyclic) bond motifs is 1. The maximum absolute atomic E-state index is 13.4. The van der Waals surface area contributed by atoms with Crippen molar-refractivity contribution >= 4 is 33.2 Å². The van der Waals surface area contributed by atoms with Gasteiger partial charge in [-0.25, -0.2) is 8.42 Å². The number of hydrogen-bond donors (Lipinski definition) is 0. The summed E-state index contributed by atoms with van der Waals surface area (Å²) in [6.07, 6.45) is 1.52. The Hall–Kier alpha value is -2.71. The van der Waals surface area contributed by atoms with Crippen LogP contribution in [0.4, 0.5) is 5.69 Å². The van der Waals surface area contributed by atoms with Crippen molar-refractivity contribution in [2.24, 2.45) is 0 Å². The highest BCUT2D eigenvalue weighted by atomic mass is 35.5. The molecule has 182 valence electrons. The molecular formula is C27H28ClN3O3S. The number of halogens is 1. The number of carbonyl (C=O) groups excluding carboxylic acids is 1. The molecule has 0 aromatic heterocycles. The van der Waals surface area contributed by atoms with E-state index in [2.05, 4.69) is 17.0 Å². The second kappa shape index (κ2) is 10.1. The molecule has 0 bridgehead atoms. The van der Waals surface area contributed by atoms with Crippen LogP contribution in [0.1, 0.15) is 27.9 Å². The number of nitrogens with zero attached hydrogens (tertiary/aromatic N) is 3. The van der Waals surface area contributed by atoms with Gasteiger partial charge >= 0.3 is 0 Å². The Morgan fingerprint density at radius 1 is 0.857 bits per heavy atom. The van der Waals surface area contributed by atoms with Crippen LogP contribution in [0.25, 0.3) is 0 Å². The van der Waals surface area contributed by atoms with Crippen molar-refractivity contribution in [1.29, 1.82) is 0 Å². The third-order valence-electron chi connectivity index (χ3n) is 6.70. The molecule has 0 spiro atoms. The monoisotopic (exact) mass is 509 g/mol. The SMILES string of the molecule is O=C(c1cccc(Cl)c1)N1CCCc2cc(S(=O)(=O)N3CCN(Cc4ccccc4)CC3)ccc21. The fourth-order valence-electron chi connectivity index (χ4n) is 4.84. The molecule has 2 aliphatic rings. The first-order chi connectivity index (χ1) is 16.9. The molecule has 3 aromatic rings. The van der Waals surface area contributed by atoms with E-state index >= 15 is 0 Å². The summed E-state index contributed by atoms with van der Waals surface area (Å²) >= 11 is 6.08. The first kappa shape index (κ1) is 24.0. The Bertz CT molecular complexity index is 1320. The van der Waals surface area contributed by atoms with Crippen molar-refractivity contribution in [2.75, 3.05) is 37.6 Å². The van der Waals surface area contributed by atoms with Crippen molar-refractivity contribution in [2.45, 2.75) is 24.3 Å².